The van der Waals surface area contributed by atoms with Crippen LogP contribution in [0.25, 0.3) is 0 Å². The first-order chi connectivity index (χ1) is 9.61. The van der Waals surface area contributed by atoms with Crippen LogP contribution in [0.4, 0.5) is 0 Å². The van der Waals surface area contributed by atoms with Gasteiger partial charge < -0.3 is 4.74 Å². The summed E-state index contributed by atoms with van der Waals surface area (Å²) in [5, 5.41) is 0. The SMILES string of the molecule is CCC1CC(C)(C)CC/C1=C\OCCc1ccccc1. The first-order valence-corrected chi connectivity index (χ1v) is 7.95. The molecule has 110 valence electrons. The number of benzene rings is 1. The molecular weight excluding hydrogens is 244 g/mol. The maximum Gasteiger partial charge on any atom is 0.0913 e. The molecule has 0 aliphatic heterocycles. The van der Waals surface area contributed by atoms with E-state index in [2.05, 4.69) is 57.4 Å². The number of hydrogen-bond donors (Lipinski definition) is 0. The highest BCUT2D eigenvalue weighted by atomic mass is 16.5. The van der Waals surface area contributed by atoms with Crippen LogP contribution in [-0.2, 0) is 11.2 Å². The molecule has 1 aromatic rings. The van der Waals surface area contributed by atoms with Crippen LogP contribution in [0.15, 0.2) is 42.2 Å². The lowest BCUT2D eigenvalue weighted by atomic mass is 9.69. The first kappa shape index (κ1) is 15.2. The fourth-order valence-electron chi connectivity index (χ4n) is 3.14. The van der Waals surface area contributed by atoms with Crippen LogP contribution in [0.1, 0.15) is 52.0 Å². The van der Waals surface area contributed by atoms with Gasteiger partial charge in [-0.05, 0) is 48.2 Å². The summed E-state index contributed by atoms with van der Waals surface area (Å²) in [6.45, 7) is 7.86. The highest BCUT2D eigenvalue weighted by Crippen LogP contribution is 2.42. The van der Waals surface area contributed by atoms with Gasteiger partial charge in [-0.2, -0.15) is 0 Å². The van der Waals surface area contributed by atoms with Crippen LogP contribution in [0.5, 0.6) is 0 Å². The number of hydrogen-bond acceptors (Lipinski definition) is 1. The third kappa shape index (κ3) is 4.40. The molecule has 1 aromatic carbocycles. The summed E-state index contributed by atoms with van der Waals surface area (Å²) in [5.41, 5.74) is 3.38. The van der Waals surface area contributed by atoms with Crippen molar-refractivity contribution >= 4 is 0 Å². The lowest BCUT2D eigenvalue weighted by Gasteiger charge is -2.36. The molecule has 1 fully saturated rings. The minimum absolute atomic E-state index is 0.502. The van der Waals surface area contributed by atoms with Gasteiger partial charge in [-0.15, -0.1) is 0 Å². The molecule has 1 heteroatoms. The van der Waals surface area contributed by atoms with Gasteiger partial charge in [0.1, 0.15) is 0 Å². The molecule has 2 rings (SSSR count). The van der Waals surface area contributed by atoms with Crippen molar-refractivity contribution in [2.24, 2.45) is 11.3 Å². The molecule has 1 atom stereocenters. The topological polar surface area (TPSA) is 9.23 Å². The second kappa shape index (κ2) is 6.97. The van der Waals surface area contributed by atoms with Crippen LogP contribution < -0.4 is 0 Å². The Balaban J connectivity index is 1.82. The predicted molar refractivity (Wildman–Crippen MR) is 85.6 cm³/mol. The van der Waals surface area contributed by atoms with Crippen LogP contribution in [-0.4, -0.2) is 6.61 Å². The van der Waals surface area contributed by atoms with E-state index in [1.165, 1.54) is 36.8 Å². The minimum Gasteiger partial charge on any atom is -0.501 e. The van der Waals surface area contributed by atoms with Crippen molar-refractivity contribution in [2.45, 2.75) is 52.9 Å². The van der Waals surface area contributed by atoms with Gasteiger partial charge in [0, 0.05) is 6.42 Å². The summed E-state index contributed by atoms with van der Waals surface area (Å²) in [7, 11) is 0. The molecule has 0 bridgehead atoms. The summed E-state index contributed by atoms with van der Waals surface area (Å²) in [5.74, 6) is 0.718. The lowest BCUT2D eigenvalue weighted by molar-refractivity contribution is 0.201. The predicted octanol–water partition coefficient (Wildman–Crippen LogP) is 5.37. The Hall–Kier alpha value is -1.24. The molecule has 0 heterocycles. The van der Waals surface area contributed by atoms with E-state index in [4.69, 9.17) is 4.74 Å². The minimum atomic E-state index is 0.502. The second-order valence-corrected chi connectivity index (χ2v) is 6.77. The first-order valence-electron chi connectivity index (χ1n) is 7.95. The average molecular weight is 272 g/mol. The molecule has 1 saturated carbocycles. The van der Waals surface area contributed by atoms with E-state index < -0.39 is 0 Å². The highest BCUT2D eigenvalue weighted by Gasteiger charge is 2.30. The molecule has 1 unspecified atom stereocenters. The van der Waals surface area contributed by atoms with Crippen molar-refractivity contribution in [3.05, 3.63) is 47.7 Å². The maximum atomic E-state index is 5.82. The summed E-state index contributed by atoms with van der Waals surface area (Å²) < 4.78 is 5.82. The third-order valence-corrected chi connectivity index (χ3v) is 4.49. The van der Waals surface area contributed by atoms with E-state index >= 15 is 0 Å². The molecule has 1 aliphatic rings. The van der Waals surface area contributed by atoms with Gasteiger partial charge >= 0.3 is 0 Å². The van der Waals surface area contributed by atoms with Crippen molar-refractivity contribution in [2.75, 3.05) is 6.61 Å². The summed E-state index contributed by atoms with van der Waals surface area (Å²) >= 11 is 0. The number of allylic oxidation sites excluding steroid dienone is 1. The fourth-order valence-corrected chi connectivity index (χ4v) is 3.14. The Labute approximate surface area is 124 Å². The fraction of sp³-hybridized carbons (Fsp3) is 0.579. The zero-order chi connectivity index (χ0) is 14.4. The quantitative estimate of drug-likeness (QED) is 0.517. The van der Waals surface area contributed by atoms with Crippen LogP contribution >= 0.6 is 0 Å². The average Bonchev–Trinajstić information content (AvgIpc) is 2.45. The van der Waals surface area contributed by atoms with Gasteiger partial charge in [-0.25, -0.2) is 0 Å². The Morgan fingerprint density at radius 1 is 1.25 bits per heavy atom. The van der Waals surface area contributed by atoms with E-state index in [1.54, 1.807) is 0 Å². The Morgan fingerprint density at radius 3 is 2.70 bits per heavy atom. The molecule has 0 saturated heterocycles. The van der Waals surface area contributed by atoms with Gasteiger partial charge in [0.2, 0.25) is 0 Å². The van der Waals surface area contributed by atoms with E-state index in [-0.39, 0.29) is 0 Å². The van der Waals surface area contributed by atoms with E-state index in [0.717, 1.165) is 18.9 Å². The zero-order valence-corrected chi connectivity index (χ0v) is 13.2. The van der Waals surface area contributed by atoms with E-state index in [1.807, 2.05) is 0 Å². The zero-order valence-electron chi connectivity index (χ0n) is 13.2. The molecule has 0 radical (unpaired) electrons. The van der Waals surface area contributed by atoms with Gasteiger partial charge in [0.15, 0.2) is 0 Å². The van der Waals surface area contributed by atoms with Gasteiger partial charge in [-0.3, -0.25) is 0 Å². The lowest BCUT2D eigenvalue weighted by Crippen LogP contribution is -2.24. The molecule has 1 aliphatic carbocycles. The highest BCUT2D eigenvalue weighted by molar-refractivity contribution is 5.15. The molecule has 0 spiro atoms. The normalized spacial score (nSPS) is 23.8. The largest absolute Gasteiger partial charge is 0.501 e. The Morgan fingerprint density at radius 2 is 2.00 bits per heavy atom. The molecule has 20 heavy (non-hydrogen) atoms. The Kier molecular flexibility index (Phi) is 5.28. The molecule has 0 N–H and O–H groups in total. The van der Waals surface area contributed by atoms with Gasteiger partial charge in [0.05, 0.1) is 12.9 Å². The summed E-state index contributed by atoms with van der Waals surface area (Å²) in [4.78, 5) is 0. The smallest absolute Gasteiger partial charge is 0.0913 e. The molecule has 1 nitrogen and oxygen atoms in total. The molecular formula is C19H28O. The van der Waals surface area contributed by atoms with Gasteiger partial charge in [-0.1, -0.05) is 51.1 Å². The summed E-state index contributed by atoms with van der Waals surface area (Å²) in [6.07, 6.45) is 8.09. The monoisotopic (exact) mass is 272 g/mol. The van der Waals surface area contributed by atoms with Gasteiger partial charge in [0.25, 0.3) is 0 Å². The van der Waals surface area contributed by atoms with Crippen molar-refractivity contribution in [1.82, 2.24) is 0 Å². The summed E-state index contributed by atoms with van der Waals surface area (Å²) in [6, 6.07) is 10.6. The van der Waals surface area contributed by atoms with E-state index in [9.17, 15) is 0 Å². The van der Waals surface area contributed by atoms with Crippen molar-refractivity contribution in [1.29, 1.82) is 0 Å². The van der Waals surface area contributed by atoms with Crippen LogP contribution in [0, 0.1) is 11.3 Å². The number of ether oxygens (including phenoxy) is 1. The molecule has 0 amide bonds. The maximum absolute atomic E-state index is 5.82. The second-order valence-electron chi connectivity index (χ2n) is 6.77. The third-order valence-electron chi connectivity index (χ3n) is 4.49. The van der Waals surface area contributed by atoms with Crippen molar-refractivity contribution < 1.29 is 4.74 Å². The van der Waals surface area contributed by atoms with Crippen molar-refractivity contribution in [3.63, 3.8) is 0 Å². The van der Waals surface area contributed by atoms with Crippen LogP contribution in [0.2, 0.25) is 0 Å². The Bertz CT molecular complexity index is 430. The van der Waals surface area contributed by atoms with Crippen LogP contribution in [0.3, 0.4) is 0 Å². The van der Waals surface area contributed by atoms with Crippen molar-refractivity contribution in [3.8, 4) is 0 Å². The molecule has 0 aromatic heterocycles. The standard InChI is InChI=1S/C19H28O/c1-4-17-14-19(2,3)12-10-18(17)15-20-13-11-16-8-6-5-7-9-16/h5-9,15,17H,4,10-14H2,1-3H3/b18-15+. The van der Waals surface area contributed by atoms with E-state index in [0.29, 0.717) is 5.41 Å². The number of rotatable bonds is 5.